The maximum atomic E-state index is 11.7. The van der Waals surface area contributed by atoms with E-state index < -0.39 is 10.9 Å². The molecule has 0 aliphatic carbocycles. The number of furan rings is 1. The molecule has 30 heavy (non-hydrogen) atoms. The molecule has 2 heterocycles. The van der Waals surface area contributed by atoms with Gasteiger partial charge in [0.25, 0.3) is 5.69 Å². The summed E-state index contributed by atoms with van der Waals surface area (Å²) < 4.78 is 5.74. The molecule has 0 radical (unpaired) electrons. The highest BCUT2D eigenvalue weighted by molar-refractivity contribution is 6.03. The topological polar surface area (TPSA) is 106 Å². The number of para-hydroxylation sites is 2. The molecule has 7 nitrogen and oxygen atoms in total. The zero-order valence-electron chi connectivity index (χ0n) is 15.9. The molecule has 0 unspecified atom stereocenters. The number of carbonyl (C=O) groups is 1. The standard InChI is InChI=1S/C23H16N2O5/c1-14-5-4-7-17-19(23(26)27)13-15(24-22(14)17)9-10-16-11-12-21(30-16)18-6-2-3-8-20(18)25(28)29/h2-13H,1H3,(H,26,27)/b10-9+. The Kier molecular flexibility index (Phi) is 4.85. The molecule has 0 atom stereocenters. The molecule has 4 rings (SSSR count). The first kappa shape index (κ1) is 19.1. The van der Waals surface area contributed by atoms with Crippen LogP contribution in [0.3, 0.4) is 0 Å². The molecule has 0 amide bonds. The number of hydrogen-bond acceptors (Lipinski definition) is 5. The van der Waals surface area contributed by atoms with Crippen LogP contribution in [0.15, 0.2) is 65.1 Å². The summed E-state index contributed by atoms with van der Waals surface area (Å²) >= 11 is 0. The average molecular weight is 400 g/mol. The third kappa shape index (κ3) is 3.56. The summed E-state index contributed by atoms with van der Waals surface area (Å²) in [6.45, 7) is 1.88. The first-order chi connectivity index (χ1) is 14.4. The molecule has 0 saturated heterocycles. The highest BCUT2D eigenvalue weighted by Crippen LogP contribution is 2.31. The molecule has 1 N–H and O–H groups in total. The van der Waals surface area contributed by atoms with Crippen molar-refractivity contribution in [3.05, 3.63) is 93.4 Å². The molecule has 0 spiro atoms. The van der Waals surface area contributed by atoms with Crippen LogP contribution >= 0.6 is 0 Å². The van der Waals surface area contributed by atoms with Crippen molar-refractivity contribution in [2.75, 3.05) is 0 Å². The number of hydrogen-bond donors (Lipinski definition) is 1. The molecule has 0 aliphatic rings. The summed E-state index contributed by atoms with van der Waals surface area (Å²) in [6.07, 6.45) is 3.30. The van der Waals surface area contributed by atoms with E-state index in [1.54, 1.807) is 54.6 Å². The van der Waals surface area contributed by atoms with E-state index in [-0.39, 0.29) is 11.3 Å². The Bertz CT molecular complexity index is 1320. The van der Waals surface area contributed by atoms with Gasteiger partial charge in [-0.2, -0.15) is 0 Å². The van der Waals surface area contributed by atoms with Crippen LogP contribution in [-0.2, 0) is 0 Å². The van der Waals surface area contributed by atoms with Crippen molar-refractivity contribution in [3.8, 4) is 11.3 Å². The number of carboxylic acid groups (broad SMARTS) is 1. The molecule has 0 bridgehead atoms. The van der Waals surface area contributed by atoms with Crippen LogP contribution in [0.25, 0.3) is 34.4 Å². The lowest BCUT2D eigenvalue weighted by Crippen LogP contribution is -2.01. The van der Waals surface area contributed by atoms with E-state index >= 15 is 0 Å². The van der Waals surface area contributed by atoms with Crippen molar-refractivity contribution in [1.29, 1.82) is 0 Å². The van der Waals surface area contributed by atoms with Gasteiger partial charge in [-0.15, -0.1) is 0 Å². The van der Waals surface area contributed by atoms with Gasteiger partial charge in [0.15, 0.2) is 0 Å². The lowest BCUT2D eigenvalue weighted by Gasteiger charge is -2.06. The fourth-order valence-corrected chi connectivity index (χ4v) is 3.27. The Labute approximate surface area is 171 Å². The summed E-state index contributed by atoms with van der Waals surface area (Å²) in [5, 5.41) is 21.4. The number of nitro groups is 1. The molecular formula is C23H16N2O5. The molecule has 0 aliphatic heterocycles. The van der Waals surface area contributed by atoms with Crippen LogP contribution in [0.4, 0.5) is 5.69 Å². The third-order valence-corrected chi connectivity index (χ3v) is 4.70. The first-order valence-electron chi connectivity index (χ1n) is 9.09. The fourth-order valence-electron chi connectivity index (χ4n) is 3.27. The van der Waals surface area contributed by atoms with Gasteiger partial charge >= 0.3 is 5.97 Å². The number of aryl methyl sites for hydroxylation is 1. The fraction of sp³-hybridized carbons (Fsp3) is 0.0435. The Hall–Kier alpha value is -4.26. The van der Waals surface area contributed by atoms with Crippen molar-refractivity contribution in [1.82, 2.24) is 4.98 Å². The van der Waals surface area contributed by atoms with E-state index in [1.807, 2.05) is 13.0 Å². The van der Waals surface area contributed by atoms with Crippen molar-refractivity contribution < 1.29 is 19.2 Å². The van der Waals surface area contributed by atoms with E-state index in [4.69, 9.17) is 4.42 Å². The van der Waals surface area contributed by atoms with Crippen molar-refractivity contribution in [2.45, 2.75) is 6.92 Å². The van der Waals surface area contributed by atoms with Gasteiger partial charge in [-0.3, -0.25) is 10.1 Å². The number of rotatable bonds is 5. The summed E-state index contributed by atoms with van der Waals surface area (Å²) in [4.78, 5) is 27.0. The van der Waals surface area contributed by atoms with E-state index in [0.717, 1.165) is 5.56 Å². The SMILES string of the molecule is Cc1cccc2c(C(=O)O)cc(/C=C/c3ccc(-c4ccccc4[N+](=O)[O-])o3)nc12. The summed E-state index contributed by atoms with van der Waals surface area (Å²) in [6, 6.07) is 16.6. The molecule has 0 fully saturated rings. The van der Waals surface area contributed by atoms with E-state index in [2.05, 4.69) is 4.98 Å². The van der Waals surface area contributed by atoms with Gasteiger partial charge in [-0.05, 0) is 48.9 Å². The Balaban J connectivity index is 1.71. The second-order valence-electron chi connectivity index (χ2n) is 6.68. The number of benzene rings is 2. The summed E-state index contributed by atoms with van der Waals surface area (Å²) in [7, 11) is 0. The normalized spacial score (nSPS) is 11.2. The second kappa shape index (κ2) is 7.63. The van der Waals surface area contributed by atoms with Gasteiger partial charge in [-0.1, -0.05) is 30.3 Å². The highest BCUT2D eigenvalue weighted by atomic mass is 16.6. The zero-order chi connectivity index (χ0) is 21.3. The van der Waals surface area contributed by atoms with Crippen LogP contribution in [-0.4, -0.2) is 21.0 Å². The third-order valence-electron chi connectivity index (χ3n) is 4.70. The van der Waals surface area contributed by atoms with Gasteiger partial charge in [0.1, 0.15) is 11.5 Å². The number of fused-ring (bicyclic) bond motifs is 1. The van der Waals surface area contributed by atoms with Gasteiger partial charge in [0.05, 0.1) is 27.3 Å². The number of carboxylic acids is 1. The lowest BCUT2D eigenvalue weighted by molar-refractivity contribution is -0.384. The van der Waals surface area contributed by atoms with Crippen molar-refractivity contribution in [2.24, 2.45) is 0 Å². The van der Waals surface area contributed by atoms with E-state index in [1.165, 1.54) is 12.1 Å². The van der Waals surface area contributed by atoms with E-state index in [9.17, 15) is 20.0 Å². The molecule has 0 saturated carbocycles. The molecule has 2 aromatic heterocycles. The van der Waals surface area contributed by atoms with Crippen LogP contribution < -0.4 is 0 Å². The Morgan fingerprint density at radius 2 is 1.90 bits per heavy atom. The van der Waals surface area contributed by atoms with Crippen LogP contribution in [0.5, 0.6) is 0 Å². The summed E-state index contributed by atoms with van der Waals surface area (Å²) in [5.41, 5.74) is 2.48. The Morgan fingerprint density at radius 1 is 1.10 bits per heavy atom. The van der Waals surface area contributed by atoms with Gasteiger partial charge in [-0.25, -0.2) is 9.78 Å². The minimum Gasteiger partial charge on any atom is -0.478 e. The van der Waals surface area contributed by atoms with Crippen LogP contribution in [0.1, 0.15) is 27.4 Å². The number of aromatic carboxylic acids is 1. The first-order valence-corrected chi connectivity index (χ1v) is 9.09. The minimum absolute atomic E-state index is 0.0415. The van der Waals surface area contributed by atoms with Crippen molar-refractivity contribution in [3.63, 3.8) is 0 Å². The molecule has 4 aromatic rings. The Morgan fingerprint density at radius 3 is 2.67 bits per heavy atom. The molecule has 2 aromatic carbocycles. The van der Waals surface area contributed by atoms with E-state index in [0.29, 0.717) is 33.7 Å². The predicted molar refractivity (Wildman–Crippen MR) is 113 cm³/mol. The number of aromatic nitrogens is 1. The predicted octanol–water partition coefficient (Wildman–Crippen LogP) is 5.58. The van der Waals surface area contributed by atoms with Crippen LogP contribution in [0.2, 0.25) is 0 Å². The maximum absolute atomic E-state index is 11.7. The van der Waals surface area contributed by atoms with Crippen LogP contribution in [0, 0.1) is 17.0 Å². The molecule has 148 valence electrons. The number of pyridine rings is 1. The summed E-state index contributed by atoms with van der Waals surface area (Å²) in [5.74, 6) is -0.193. The number of nitro benzene ring substituents is 1. The monoisotopic (exact) mass is 400 g/mol. The smallest absolute Gasteiger partial charge is 0.336 e. The molecule has 7 heteroatoms. The highest BCUT2D eigenvalue weighted by Gasteiger charge is 2.17. The average Bonchev–Trinajstić information content (AvgIpc) is 3.21. The molecular weight excluding hydrogens is 384 g/mol. The lowest BCUT2D eigenvalue weighted by atomic mass is 10.0. The van der Waals surface area contributed by atoms with Gasteiger partial charge in [0, 0.05) is 11.5 Å². The quantitative estimate of drug-likeness (QED) is 0.346. The number of nitrogens with zero attached hydrogens (tertiary/aromatic N) is 2. The van der Waals surface area contributed by atoms with Gasteiger partial charge < -0.3 is 9.52 Å². The maximum Gasteiger partial charge on any atom is 0.336 e. The van der Waals surface area contributed by atoms with Gasteiger partial charge in [0.2, 0.25) is 0 Å². The largest absolute Gasteiger partial charge is 0.478 e. The van der Waals surface area contributed by atoms with Crippen molar-refractivity contribution >= 4 is 34.7 Å². The minimum atomic E-state index is -1.03. The second-order valence-corrected chi connectivity index (χ2v) is 6.68. The zero-order valence-corrected chi connectivity index (χ0v) is 15.9.